The van der Waals surface area contributed by atoms with Gasteiger partial charge in [0, 0.05) is 42.2 Å². The van der Waals surface area contributed by atoms with E-state index in [4.69, 9.17) is 6.57 Å². The van der Waals surface area contributed by atoms with E-state index in [1.54, 1.807) is 6.07 Å². The van der Waals surface area contributed by atoms with Crippen LogP contribution in [0.5, 0.6) is 0 Å². The van der Waals surface area contributed by atoms with Crippen molar-refractivity contribution >= 4 is 85.8 Å². The summed E-state index contributed by atoms with van der Waals surface area (Å²) in [5, 5.41) is 14.6. The largest absolute Gasteiger partial charge is 0.308 e. The maximum atomic E-state index is 9.52. The predicted molar refractivity (Wildman–Crippen MR) is 183 cm³/mol. The molecule has 2 aromatic heterocycles. The van der Waals surface area contributed by atoms with Crippen LogP contribution >= 0.6 is 22.7 Å². The average Bonchev–Trinajstić information content (AvgIpc) is 3.64. The van der Waals surface area contributed by atoms with Crippen LogP contribution in [0.4, 0.5) is 22.7 Å². The zero-order chi connectivity index (χ0) is 28.9. The Hall–Kier alpha value is -5.46. The van der Waals surface area contributed by atoms with Gasteiger partial charge >= 0.3 is 0 Å². The first-order chi connectivity index (χ1) is 21.2. The molecule has 0 aliphatic heterocycles. The van der Waals surface area contributed by atoms with E-state index in [-0.39, 0.29) is 0 Å². The van der Waals surface area contributed by atoms with Gasteiger partial charge < -0.3 is 4.90 Å². The first kappa shape index (κ1) is 25.3. The van der Waals surface area contributed by atoms with Gasteiger partial charge in [0.1, 0.15) is 0 Å². The fraction of sp³-hybridized carbons (Fsp3) is 0. The fourth-order valence-corrected chi connectivity index (χ4v) is 8.35. The lowest BCUT2D eigenvalue weighted by molar-refractivity contribution is 1.32. The Morgan fingerprint density at radius 3 is 1.70 bits per heavy atom. The summed E-state index contributed by atoms with van der Waals surface area (Å²) in [6.07, 6.45) is 0. The molecule has 0 aliphatic carbocycles. The first-order valence-electron chi connectivity index (χ1n) is 13.9. The highest BCUT2D eigenvalue weighted by molar-refractivity contribution is 7.27. The zero-order valence-corrected chi connectivity index (χ0v) is 24.4. The molecule has 200 valence electrons. The summed E-state index contributed by atoms with van der Waals surface area (Å²) in [6, 6.07) is 46.4. The molecular weight excluding hydrogens is 563 g/mol. The molecule has 43 heavy (non-hydrogen) atoms. The SMILES string of the molecule is [C-]#[N+]c1cc(C#N)cc(-c2ccc(N(c3cccc4c3sc3ccccc34)c3cccc4c3sc3ccccc34)cc2)c1. The smallest absolute Gasteiger partial charge is 0.189 e. The Kier molecular flexibility index (Phi) is 5.94. The molecule has 0 saturated carbocycles. The molecule has 8 aromatic rings. The van der Waals surface area contributed by atoms with Gasteiger partial charge in [-0.2, -0.15) is 5.26 Å². The number of hydrogen-bond acceptors (Lipinski definition) is 4. The maximum absolute atomic E-state index is 9.52. The third-order valence-electron chi connectivity index (χ3n) is 7.88. The molecule has 6 aromatic carbocycles. The molecule has 5 heteroatoms. The van der Waals surface area contributed by atoms with Gasteiger partial charge in [0.2, 0.25) is 0 Å². The van der Waals surface area contributed by atoms with Crippen LogP contribution in [0.2, 0.25) is 0 Å². The highest BCUT2D eigenvalue weighted by Crippen LogP contribution is 2.48. The molecular formula is C38H21N3S2. The Labute approximate surface area is 256 Å². The number of hydrogen-bond donors (Lipinski definition) is 0. The van der Waals surface area contributed by atoms with Gasteiger partial charge in [-0.3, -0.25) is 0 Å². The van der Waals surface area contributed by atoms with Gasteiger partial charge in [-0.15, -0.1) is 22.7 Å². The van der Waals surface area contributed by atoms with E-state index in [0.717, 1.165) is 28.2 Å². The summed E-state index contributed by atoms with van der Waals surface area (Å²) < 4.78 is 5.03. The summed E-state index contributed by atoms with van der Waals surface area (Å²) in [5.74, 6) is 0. The molecule has 0 N–H and O–H groups in total. The van der Waals surface area contributed by atoms with E-state index in [1.165, 1.54) is 40.3 Å². The van der Waals surface area contributed by atoms with Crippen LogP contribution in [0.15, 0.2) is 127 Å². The Morgan fingerprint density at radius 2 is 1.14 bits per heavy atom. The molecule has 3 nitrogen and oxygen atoms in total. The summed E-state index contributed by atoms with van der Waals surface area (Å²) in [4.78, 5) is 5.96. The minimum Gasteiger partial charge on any atom is -0.308 e. The second-order valence-corrected chi connectivity index (χ2v) is 12.5. The second-order valence-electron chi connectivity index (χ2n) is 10.4. The molecule has 8 rings (SSSR count). The van der Waals surface area contributed by atoms with Gasteiger partial charge in [0.15, 0.2) is 5.69 Å². The van der Waals surface area contributed by atoms with E-state index < -0.39 is 0 Å². The molecule has 0 atom stereocenters. The van der Waals surface area contributed by atoms with Crippen molar-refractivity contribution in [1.29, 1.82) is 5.26 Å². The number of thiophene rings is 2. The highest BCUT2D eigenvalue weighted by atomic mass is 32.1. The monoisotopic (exact) mass is 583 g/mol. The number of benzene rings is 6. The Morgan fingerprint density at radius 1 is 0.581 bits per heavy atom. The molecule has 2 heterocycles. The molecule has 0 spiro atoms. The lowest BCUT2D eigenvalue weighted by atomic mass is 10.0. The number of nitrogens with zero attached hydrogens (tertiary/aromatic N) is 3. The van der Waals surface area contributed by atoms with Gasteiger partial charge in [0.05, 0.1) is 33.4 Å². The number of fused-ring (bicyclic) bond motifs is 6. The third kappa shape index (κ3) is 4.15. The lowest BCUT2D eigenvalue weighted by Crippen LogP contribution is -2.10. The van der Waals surface area contributed by atoms with Crippen LogP contribution in [0.3, 0.4) is 0 Å². The number of rotatable bonds is 4. The van der Waals surface area contributed by atoms with Crippen LogP contribution in [0, 0.1) is 17.9 Å². The van der Waals surface area contributed by atoms with Crippen LogP contribution < -0.4 is 4.90 Å². The van der Waals surface area contributed by atoms with E-state index >= 15 is 0 Å². The van der Waals surface area contributed by atoms with Crippen LogP contribution in [0.25, 0.3) is 56.3 Å². The van der Waals surface area contributed by atoms with Crippen molar-refractivity contribution in [2.75, 3.05) is 4.90 Å². The van der Waals surface area contributed by atoms with Gasteiger partial charge in [-0.05, 0) is 65.7 Å². The minimum atomic E-state index is 0.465. The summed E-state index contributed by atoms with van der Waals surface area (Å²) >= 11 is 3.66. The molecule has 0 aliphatic rings. The van der Waals surface area contributed by atoms with Crippen LogP contribution in [-0.2, 0) is 0 Å². The van der Waals surface area contributed by atoms with Crippen molar-refractivity contribution in [3.05, 3.63) is 144 Å². The van der Waals surface area contributed by atoms with E-state index in [0.29, 0.717) is 11.3 Å². The number of nitriles is 1. The minimum absolute atomic E-state index is 0.465. The molecule has 0 fully saturated rings. The molecule has 0 unspecified atom stereocenters. The molecule has 0 radical (unpaired) electrons. The van der Waals surface area contributed by atoms with Crippen LogP contribution in [0.1, 0.15) is 5.56 Å². The Balaban J connectivity index is 1.37. The summed E-state index contributed by atoms with van der Waals surface area (Å²) in [5.41, 5.74) is 6.10. The van der Waals surface area contributed by atoms with Crippen molar-refractivity contribution < 1.29 is 0 Å². The molecule has 0 saturated heterocycles. The van der Waals surface area contributed by atoms with Gasteiger partial charge in [0.25, 0.3) is 0 Å². The van der Waals surface area contributed by atoms with Crippen molar-refractivity contribution in [2.45, 2.75) is 0 Å². The fourth-order valence-electron chi connectivity index (χ4n) is 5.93. The zero-order valence-electron chi connectivity index (χ0n) is 22.8. The first-order valence-corrected chi connectivity index (χ1v) is 15.5. The number of anilines is 3. The third-order valence-corrected chi connectivity index (χ3v) is 10.3. The molecule has 0 bridgehead atoms. The van der Waals surface area contributed by atoms with E-state index in [9.17, 15) is 5.26 Å². The standard InChI is InChI=1S/C38H21N3S2/c1-40-27-21-24(23-39)20-26(22-27)25-16-18-28(19-17-25)41(33-12-6-10-31-29-8-2-4-14-35(29)42-37(31)33)34-13-7-11-32-30-9-3-5-15-36(30)43-38(32)34/h2-22H. The Bertz CT molecular complexity index is 2290. The van der Waals surface area contributed by atoms with Crippen molar-refractivity contribution in [2.24, 2.45) is 0 Å². The second kappa shape index (κ2) is 10.1. The average molecular weight is 584 g/mol. The van der Waals surface area contributed by atoms with E-state index in [2.05, 4.69) is 125 Å². The lowest BCUT2D eigenvalue weighted by Gasteiger charge is -2.27. The summed E-state index contributed by atoms with van der Waals surface area (Å²) in [7, 11) is 0. The highest BCUT2D eigenvalue weighted by Gasteiger charge is 2.21. The van der Waals surface area contributed by atoms with Crippen LogP contribution in [-0.4, -0.2) is 0 Å². The predicted octanol–water partition coefficient (Wildman–Crippen LogP) is 12.0. The normalized spacial score (nSPS) is 11.2. The van der Waals surface area contributed by atoms with Crippen molar-refractivity contribution in [1.82, 2.24) is 0 Å². The molecule has 0 amide bonds. The van der Waals surface area contributed by atoms with Gasteiger partial charge in [-0.25, -0.2) is 4.85 Å². The van der Waals surface area contributed by atoms with Crippen molar-refractivity contribution in [3.63, 3.8) is 0 Å². The van der Waals surface area contributed by atoms with Gasteiger partial charge in [-0.1, -0.05) is 72.8 Å². The van der Waals surface area contributed by atoms with E-state index in [1.807, 2.05) is 34.8 Å². The summed E-state index contributed by atoms with van der Waals surface area (Å²) in [6.45, 7) is 7.48. The maximum Gasteiger partial charge on any atom is 0.189 e. The topological polar surface area (TPSA) is 31.4 Å². The van der Waals surface area contributed by atoms with Crippen molar-refractivity contribution in [3.8, 4) is 17.2 Å². The quantitative estimate of drug-likeness (QED) is 0.193.